The summed E-state index contributed by atoms with van der Waals surface area (Å²) in [5.74, 6) is -0.177. The fourth-order valence-electron chi connectivity index (χ4n) is 2.34. The van der Waals surface area contributed by atoms with Crippen LogP contribution in [0.3, 0.4) is 0 Å². The first-order valence-electron chi connectivity index (χ1n) is 5.32. The number of hydrogen-bond acceptors (Lipinski definition) is 2. The molecule has 1 aromatic carbocycles. The Morgan fingerprint density at radius 2 is 2.12 bits per heavy atom. The third-order valence-electron chi connectivity index (χ3n) is 3.12. The summed E-state index contributed by atoms with van der Waals surface area (Å²) in [6.07, 6.45) is 2.46. The number of esters is 1. The van der Waals surface area contributed by atoms with Crippen molar-refractivity contribution in [3.05, 3.63) is 29.8 Å². The second-order valence-electron chi connectivity index (χ2n) is 4.43. The smallest absolute Gasteiger partial charge is 0.306 e. The molecule has 0 bridgehead atoms. The molecule has 0 saturated carbocycles. The zero-order valence-electron chi connectivity index (χ0n) is 9.86. The standard InChI is InChI=1S/C13H16NO2/c1-13(8-12(15)16-3)9-14(2)11-7-5-4-6-10(11)13/h4-7,9H,8H2,1-3H3/q+1. The van der Waals surface area contributed by atoms with Crippen LogP contribution in [-0.4, -0.2) is 30.9 Å². The molecule has 1 aromatic rings. The highest BCUT2D eigenvalue weighted by atomic mass is 16.5. The zero-order valence-corrected chi connectivity index (χ0v) is 9.86. The fourth-order valence-corrected chi connectivity index (χ4v) is 2.34. The van der Waals surface area contributed by atoms with Gasteiger partial charge in [-0.1, -0.05) is 18.2 Å². The van der Waals surface area contributed by atoms with Crippen LogP contribution in [0.25, 0.3) is 0 Å². The second kappa shape index (κ2) is 3.74. The van der Waals surface area contributed by atoms with Gasteiger partial charge in [0.2, 0.25) is 5.69 Å². The fraction of sp³-hybridized carbons (Fsp3) is 0.385. The van der Waals surface area contributed by atoms with Gasteiger partial charge in [0.25, 0.3) is 0 Å². The summed E-state index contributed by atoms with van der Waals surface area (Å²) in [7, 11) is 3.43. The monoisotopic (exact) mass is 218 g/mol. The number of nitrogens with zero attached hydrogens (tertiary/aromatic N) is 1. The molecule has 0 amide bonds. The summed E-state index contributed by atoms with van der Waals surface area (Å²) in [4.78, 5) is 11.4. The molecule has 1 aliphatic heterocycles. The van der Waals surface area contributed by atoms with E-state index in [1.807, 2.05) is 19.2 Å². The van der Waals surface area contributed by atoms with Gasteiger partial charge in [-0.05, 0) is 6.92 Å². The molecule has 3 heteroatoms. The summed E-state index contributed by atoms with van der Waals surface area (Å²) in [5.41, 5.74) is 2.09. The van der Waals surface area contributed by atoms with Gasteiger partial charge in [0.05, 0.1) is 18.9 Å². The lowest BCUT2D eigenvalue weighted by molar-refractivity contribution is -0.397. The number of carbonyl (C=O) groups excluding carboxylic acids is 1. The third kappa shape index (κ3) is 1.62. The summed E-state index contributed by atoms with van der Waals surface area (Å²) >= 11 is 0. The van der Waals surface area contributed by atoms with Crippen molar-refractivity contribution in [1.82, 2.24) is 0 Å². The SMILES string of the molecule is COC(=O)CC1(C)C=[N+](C)c2ccccc21. The molecule has 0 spiro atoms. The Kier molecular flexibility index (Phi) is 2.54. The van der Waals surface area contributed by atoms with Crippen LogP contribution < -0.4 is 0 Å². The minimum Gasteiger partial charge on any atom is -0.469 e. The van der Waals surface area contributed by atoms with Crippen LogP contribution in [-0.2, 0) is 14.9 Å². The molecule has 0 aromatic heterocycles. The maximum atomic E-state index is 11.4. The number of rotatable bonds is 2. The molecule has 84 valence electrons. The van der Waals surface area contributed by atoms with E-state index in [2.05, 4.69) is 29.8 Å². The van der Waals surface area contributed by atoms with Crippen molar-refractivity contribution in [2.75, 3.05) is 14.2 Å². The van der Waals surface area contributed by atoms with Crippen molar-refractivity contribution in [3.8, 4) is 0 Å². The summed E-state index contributed by atoms with van der Waals surface area (Å²) in [6, 6.07) is 8.14. The number of ether oxygens (including phenoxy) is 1. The Hall–Kier alpha value is -1.64. The van der Waals surface area contributed by atoms with Crippen molar-refractivity contribution in [2.45, 2.75) is 18.8 Å². The summed E-state index contributed by atoms with van der Waals surface area (Å²) in [5, 5.41) is 0. The average molecular weight is 218 g/mol. The lowest BCUT2D eigenvalue weighted by Crippen LogP contribution is -2.26. The van der Waals surface area contributed by atoms with E-state index >= 15 is 0 Å². The molecule has 1 atom stereocenters. The zero-order chi connectivity index (χ0) is 11.8. The molecule has 0 aliphatic carbocycles. The predicted octanol–water partition coefficient (Wildman–Crippen LogP) is 1.87. The topological polar surface area (TPSA) is 29.3 Å². The number of benzene rings is 1. The third-order valence-corrected chi connectivity index (χ3v) is 3.12. The average Bonchev–Trinajstić information content (AvgIpc) is 2.52. The van der Waals surface area contributed by atoms with Crippen LogP contribution in [0.15, 0.2) is 24.3 Å². The summed E-state index contributed by atoms with van der Waals surface area (Å²) < 4.78 is 6.82. The predicted molar refractivity (Wildman–Crippen MR) is 62.3 cm³/mol. The molecule has 0 fully saturated rings. The summed E-state index contributed by atoms with van der Waals surface area (Å²) in [6.45, 7) is 2.06. The minimum absolute atomic E-state index is 0.177. The Morgan fingerprint density at radius 3 is 2.81 bits per heavy atom. The van der Waals surface area contributed by atoms with Crippen LogP contribution in [0.4, 0.5) is 5.69 Å². The van der Waals surface area contributed by atoms with E-state index < -0.39 is 0 Å². The van der Waals surface area contributed by atoms with Gasteiger partial charge in [0, 0.05) is 11.6 Å². The number of fused-ring (bicyclic) bond motifs is 1. The van der Waals surface area contributed by atoms with Crippen LogP contribution in [0, 0.1) is 0 Å². The molecule has 1 heterocycles. The molecular weight excluding hydrogens is 202 g/mol. The van der Waals surface area contributed by atoms with E-state index in [1.54, 1.807) is 0 Å². The Labute approximate surface area is 95.4 Å². The van der Waals surface area contributed by atoms with E-state index in [1.165, 1.54) is 12.7 Å². The maximum absolute atomic E-state index is 11.4. The Bertz CT molecular complexity index is 465. The Morgan fingerprint density at radius 1 is 1.44 bits per heavy atom. The largest absolute Gasteiger partial charge is 0.469 e. The van der Waals surface area contributed by atoms with E-state index in [0.717, 1.165) is 5.69 Å². The number of para-hydroxylation sites is 1. The number of hydrogen-bond donors (Lipinski definition) is 0. The first kappa shape index (κ1) is 10.9. The van der Waals surface area contributed by atoms with Crippen molar-refractivity contribution < 1.29 is 14.1 Å². The molecule has 2 rings (SSSR count). The van der Waals surface area contributed by atoms with Gasteiger partial charge in [-0.25, -0.2) is 4.58 Å². The molecule has 3 nitrogen and oxygen atoms in total. The first-order chi connectivity index (χ1) is 7.57. The van der Waals surface area contributed by atoms with Gasteiger partial charge in [0.1, 0.15) is 7.05 Å². The number of methoxy groups -OCH3 is 1. The van der Waals surface area contributed by atoms with Crippen LogP contribution in [0.5, 0.6) is 0 Å². The first-order valence-corrected chi connectivity index (χ1v) is 5.32. The normalized spacial score (nSPS) is 22.6. The highest BCUT2D eigenvalue weighted by Gasteiger charge is 2.41. The van der Waals surface area contributed by atoms with E-state index in [-0.39, 0.29) is 11.4 Å². The van der Waals surface area contributed by atoms with E-state index in [4.69, 9.17) is 4.74 Å². The highest BCUT2D eigenvalue weighted by Crippen LogP contribution is 2.37. The quantitative estimate of drug-likeness (QED) is 0.560. The van der Waals surface area contributed by atoms with E-state index in [9.17, 15) is 4.79 Å². The van der Waals surface area contributed by atoms with E-state index in [0.29, 0.717) is 6.42 Å². The maximum Gasteiger partial charge on any atom is 0.306 e. The molecule has 16 heavy (non-hydrogen) atoms. The van der Waals surface area contributed by atoms with Gasteiger partial charge < -0.3 is 4.74 Å². The molecular formula is C13H16NO2+. The molecule has 0 saturated heterocycles. The van der Waals surface area contributed by atoms with Gasteiger partial charge in [-0.3, -0.25) is 4.79 Å². The van der Waals surface area contributed by atoms with Crippen molar-refractivity contribution in [3.63, 3.8) is 0 Å². The molecule has 1 unspecified atom stereocenters. The molecule has 1 aliphatic rings. The Balaban J connectivity index is 2.41. The number of carbonyl (C=O) groups is 1. The van der Waals surface area contributed by atoms with Crippen molar-refractivity contribution >= 4 is 17.9 Å². The second-order valence-corrected chi connectivity index (χ2v) is 4.43. The van der Waals surface area contributed by atoms with Crippen LogP contribution in [0.2, 0.25) is 0 Å². The highest BCUT2D eigenvalue weighted by molar-refractivity contribution is 5.84. The lowest BCUT2D eigenvalue weighted by Gasteiger charge is -2.16. The lowest BCUT2D eigenvalue weighted by atomic mass is 9.82. The van der Waals surface area contributed by atoms with Gasteiger partial charge in [-0.2, -0.15) is 0 Å². The minimum atomic E-state index is -0.252. The van der Waals surface area contributed by atoms with Crippen LogP contribution >= 0.6 is 0 Å². The molecule has 0 N–H and O–H groups in total. The molecule has 0 radical (unpaired) electrons. The van der Waals surface area contributed by atoms with Gasteiger partial charge >= 0.3 is 5.97 Å². The van der Waals surface area contributed by atoms with Crippen LogP contribution in [0.1, 0.15) is 18.9 Å². The van der Waals surface area contributed by atoms with Gasteiger partial charge in [-0.15, -0.1) is 0 Å². The van der Waals surface area contributed by atoms with Crippen molar-refractivity contribution in [2.24, 2.45) is 0 Å². The van der Waals surface area contributed by atoms with Gasteiger partial charge in [0.15, 0.2) is 6.21 Å². The van der Waals surface area contributed by atoms with Crippen molar-refractivity contribution in [1.29, 1.82) is 0 Å².